The Balaban J connectivity index is 0.959. The average Bonchev–Trinajstić information content (AvgIpc) is 4.17. The van der Waals surface area contributed by atoms with Crippen LogP contribution in [-0.2, 0) is 36.9 Å². The van der Waals surface area contributed by atoms with Crippen LogP contribution in [0.4, 0.5) is 0 Å². The largest absolute Gasteiger partial charge is 0.391 e. The summed E-state index contributed by atoms with van der Waals surface area (Å²) in [5.74, 6) is -2.40. The number of hydrogen-bond donors (Lipinski definition) is 6. The maximum Gasteiger partial charge on any atom is 0.255 e. The molecule has 1 aromatic heterocycles. The highest BCUT2D eigenvalue weighted by Gasteiger charge is 2.48. The summed E-state index contributed by atoms with van der Waals surface area (Å²) < 4.78 is 0. The van der Waals surface area contributed by atoms with E-state index in [0.29, 0.717) is 31.5 Å². The van der Waals surface area contributed by atoms with Crippen LogP contribution in [0, 0.1) is 23.2 Å². The molecule has 74 heavy (non-hydrogen) atoms. The predicted molar refractivity (Wildman–Crippen MR) is 290 cm³/mol. The lowest BCUT2D eigenvalue weighted by atomic mass is 9.78. The number of allylic oxidation sites excluding steroid dienone is 4. The molecule has 16 nitrogen and oxygen atoms in total. The number of thiazole rings is 1. The van der Waals surface area contributed by atoms with Gasteiger partial charge in [-0.3, -0.25) is 28.8 Å². The molecule has 4 aliphatic rings. The minimum absolute atomic E-state index is 0.00687. The SMILES string of the molecule is CN/C(C)=C(\SC)c1ccc([C@H](C)NC(=O)[C@@H]2C[C@@H](O)CN2C(=O)[C@@H](NC(C)=O)C(C)(C)CCc2ncsc2C2=CC(C)C(CNC(=O)[C@@H]3C[C@@H](O)CN3C(=O)[C@H](C(C)C)N3Cc4ccccc4C3=O)C=C2)cc1. The fraction of sp³-hybridized carbons (Fsp3) is 0.518. The molecule has 1 aliphatic carbocycles. The third kappa shape index (κ3) is 12.3. The number of aromatic nitrogens is 1. The molecule has 2 aromatic carbocycles. The number of nitrogens with one attached hydrogen (secondary N) is 4. The van der Waals surface area contributed by atoms with Crippen molar-refractivity contribution >= 4 is 69.0 Å². The molecule has 0 spiro atoms. The van der Waals surface area contributed by atoms with E-state index in [0.717, 1.165) is 43.4 Å². The minimum Gasteiger partial charge on any atom is -0.391 e. The van der Waals surface area contributed by atoms with Gasteiger partial charge in [-0.25, -0.2) is 4.98 Å². The van der Waals surface area contributed by atoms with Crippen LogP contribution >= 0.6 is 23.1 Å². The number of likely N-dealkylation sites (tertiary alicyclic amines) is 2. The van der Waals surface area contributed by atoms with E-state index in [2.05, 4.69) is 40.3 Å². The molecule has 4 heterocycles. The summed E-state index contributed by atoms with van der Waals surface area (Å²) in [7, 11) is 1.89. The summed E-state index contributed by atoms with van der Waals surface area (Å²) in [4.78, 5) is 94.1. The van der Waals surface area contributed by atoms with Gasteiger partial charge in [-0.2, -0.15) is 0 Å². The number of hydrogen-bond acceptors (Lipinski definition) is 12. The highest BCUT2D eigenvalue weighted by molar-refractivity contribution is 8.07. The summed E-state index contributed by atoms with van der Waals surface area (Å²) in [6, 6.07) is 11.3. The van der Waals surface area contributed by atoms with Crippen molar-refractivity contribution in [3.05, 3.63) is 111 Å². The van der Waals surface area contributed by atoms with Crippen molar-refractivity contribution < 1.29 is 39.0 Å². The second-order valence-corrected chi connectivity index (χ2v) is 23.0. The zero-order valence-electron chi connectivity index (χ0n) is 44.3. The van der Waals surface area contributed by atoms with Crippen LogP contribution in [0.3, 0.4) is 0 Å². The predicted octanol–water partition coefficient (Wildman–Crippen LogP) is 5.68. The van der Waals surface area contributed by atoms with Gasteiger partial charge in [-0.1, -0.05) is 95.3 Å². The summed E-state index contributed by atoms with van der Waals surface area (Å²) in [5.41, 5.74) is 7.24. The Morgan fingerprint density at radius 3 is 2.16 bits per heavy atom. The molecule has 0 bridgehead atoms. The zero-order chi connectivity index (χ0) is 53.8. The number of aryl methyl sites for hydroxylation is 1. The number of carbonyl (C=O) groups is 6. The molecule has 3 aromatic rings. The summed E-state index contributed by atoms with van der Waals surface area (Å²) in [5, 5.41) is 33.8. The van der Waals surface area contributed by atoms with Crippen molar-refractivity contribution in [1.29, 1.82) is 0 Å². The smallest absolute Gasteiger partial charge is 0.255 e. The first-order chi connectivity index (χ1) is 35.1. The molecule has 2 unspecified atom stereocenters. The third-order valence-electron chi connectivity index (χ3n) is 15.2. The molecule has 3 aliphatic heterocycles. The third-order valence-corrected chi connectivity index (χ3v) is 17.1. The summed E-state index contributed by atoms with van der Waals surface area (Å²) in [6.45, 7) is 15.5. The Morgan fingerprint density at radius 1 is 0.905 bits per heavy atom. The molecular weight excluding hydrogens is 977 g/mol. The molecule has 18 heteroatoms. The van der Waals surface area contributed by atoms with Gasteiger partial charge in [0.15, 0.2) is 0 Å². The van der Waals surface area contributed by atoms with E-state index < -0.39 is 53.6 Å². The zero-order valence-corrected chi connectivity index (χ0v) is 45.9. The molecular formula is C56H74N8O8S2. The average molecular weight is 1050 g/mol. The number of aliphatic hydroxyl groups excluding tert-OH is 2. The molecule has 6 N–H and O–H groups in total. The van der Waals surface area contributed by atoms with Crippen LogP contribution in [0.25, 0.3) is 10.5 Å². The molecule has 6 amide bonds. The van der Waals surface area contributed by atoms with Crippen LogP contribution in [0.15, 0.2) is 78.0 Å². The standard InChI is InChI=1S/C56H74N8O8S2/c1-31(2)47(64-27-40-13-11-12-14-43(40)53(64)70)54(71)62-28-41(66)24-45(62)51(68)58-26-39-20-19-38(23-32(39)3)49-44(59-30-74-49)21-22-56(7,8)50(61-35(6)65)55(72)63-29-42(67)25-46(63)52(69)60-33(4)36-15-17-37(18-16-36)48(73-10)34(5)57-9/h11-20,23,30-33,39,41-42,45-47,50,57,66-67H,21-22,24-29H2,1-10H3,(H,58,68)(H,60,69)(H,61,65)/b48-34-/t32?,33-,39?,41+,42+,45-,46-,47-,50+/m0/s1. The monoisotopic (exact) mass is 1050 g/mol. The van der Waals surface area contributed by atoms with Crippen LogP contribution in [0.5, 0.6) is 0 Å². The molecule has 9 atom stereocenters. The Morgan fingerprint density at radius 2 is 1.55 bits per heavy atom. The van der Waals surface area contributed by atoms with Gasteiger partial charge in [0.1, 0.15) is 24.2 Å². The molecule has 2 fully saturated rings. The van der Waals surface area contributed by atoms with Gasteiger partial charge in [-0.05, 0) is 78.5 Å². The van der Waals surface area contributed by atoms with Gasteiger partial charge in [0.05, 0.1) is 34.3 Å². The number of rotatable bonds is 19. The second-order valence-electron chi connectivity index (χ2n) is 21.3. The molecule has 0 radical (unpaired) electrons. The van der Waals surface area contributed by atoms with Crippen molar-refractivity contribution in [3.8, 4) is 0 Å². The van der Waals surface area contributed by atoms with Gasteiger partial charge in [-0.15, -0.1) is 23.1 Å². The van der Waals surface area contributed by atoms with E-state index in [1.165, 1.54) is 28.1 Å². The van der Waals surface area contributed by atoms with Gasteiger partial charge in [0, 0.05) is 75.1 Å². The van der Waals surface area contributed by atoms with Crippen LogP contribution in [-0.4, -0.2) is 135 Å². The fourth-order valence-corrected chi connectivity index (χ4v) is 12.4. The maximum absolute atomic E-state index is 14.6. The highest BCUT2D eigenvalue weighted by Crippen LogP contribution is 2.37. The first-order valence-electron chi connectivity index (χ1n) is 25.7. The van der Waals surface area contributed by atoms with E-state index in [1.54, 1.807) is 34.3 Å². The first-order valence-corrected chi connectivity index (χ1v) is 27.8. The number of amides is 6. The lowest BCUT2D eigenvalue weighted by molar-refractivity contribution is -0.144. The van der Waals surface area contributed by atoms with Gasteiger partial charge in [0.25, 0.3) is 5.91 Å². The normalized spacial score (nSPS) is 23.2. The fourth-order valence-electron chi connectivity index (χ4n) is 10.8. The molecule has 2 saturated heterocycles. The molecule has 7 rings (SSSR count). The van der Waals surface area contributed by atoms with E-state index >= 15 is 0 Å². The Bertz CT molecular complexity index is 2680. The van der Waals surface area contributed by atoms with Crippen molar-refractivity contribution in [2.24, 2.45) is 23.2 Å². The number of carbonyl (C=O) groups excluding carboxylic acids is 6. The topological polar surface area (TPSA) is 214 Å². The number of benzene rings is 2. The van der Waals surface area contributed by atoms with Crippen molar-refractivity contribution in [2.75, 3.05) is 32.9 Å². The number of thioether (sulfide) groups is 1. The van der Waals surface area contributed by atoms with Gasteiger partial charge >= 0.3 is 0 Å². The van der Waals surface area contributed by atoms with Gasteiger partial charge < -0.3 is 46.2 Å². The number of nitrogens with zero attached hydrogens (tertiary/aromatic N) is 4. The lowest BCUT2D eigenvalue weighted by Gasteiger charge is -2.37. The van der Waals surface area contributed by atoms with E-state index in [1.807, 2.05) is 97.3 Å². The van der Waals surface area contributed by atoms with E-state index in [-0.39, 0.29) is 73.4 Å². The van der Waals surface area contributed by atoms with Crippen molar-refractivity contribution in [1.82, 2.24) is 41.0 Å². The highest BCUT2D eigenvalue weighted by atomic mass is 32.2. The minimum atomic E-state index is -1.00. The Labute approximate surface area is 443 Å². The summed E-state index contributed by atoms with van der Waals surface area (Å²) >= 11 is 3.16. The molecule has 398 valence electrons. The quantitative estimate of drug-likeness (QED) is 0.0860. The van der Waals surface area contributed by atoms with Crippen LogP contribution in [0.2, 0.25) is 0 Å². The maximum atomic E-state index is 14.6. The number of aliphatic hydroxyl groups is 2. The van der Waals surface area contributed by atoms with Gasteiger partial charge in [0.2, 0.25) is 29.5 Å². The summed E-state index contributed by atoms with van der Waals surface area (Å²) in [6.07, 6.45) is 7.60. The Hall–Kier alpha value is -5.82. The first kappa shape index (κ1) is 55.9. The lowest BCUT2D eigenvalue weighted by Crippen LogP contribution is -2.58. The number of fused-ring (bicyclic) bond motifs is 1. The van der Waals surface area contributed by atoms with Crippen LogP contribution in [0.1, 0.15) is 118 Å². The second kappa shape index (κ2) is 23.8. The van der Waals surface area contributed by atoms with Crippen LogP contribution < -0.4 is 21.3 Å². The molecule has 0 saturated carbocycles. The van der Waals surface area contributed by atoms with Crippen molar-refractivity contribution in [2.45, 2.75) is 130 Å². The number of β-amino-alcohol motifs (C(OH)–C–C–N with tert-alkyl or cyclic N) is 2. The van der Waals surface area contributed by atoms with E-state index in [4.69, 9.17) is 4.98 Å². The van der Waals surface area contributed by atoms with Crippen molar-refractivity contribution in [3.63, 3.8) is 0 Å². The Kier molecular flexibility index (Phi) is 18.0. The van der Waals surface area contributed by atoms with E-state index in [9.17, 15) is 39.0 Å².